The van der Waals surface area contributed by atoms with Crippen LogP contribution in [0.15, 0.2) is 42.6 Å². The molecule has 0 unspecified atom stereocenters. The van der Waals surface area contributed by atoms with Gasteiger partial charge in [-0.2, -0.15) is 0 Å². The molecule has 0 bridgehead atoms. The zero-order valence-electron chi connectivity index (χ0n) is 15.4. The van der Waals surface area contributed by atoms with Crippen molar-refractivity contribution in [2.75, 3.05) is 18.0 Å². The molecule has 3 heterocycles. The standard InChI is InChI=1S/C21H25N5O/c22-18-9-10-19(17-7-3-2-6-16(17)18)27-15-8-11-20-23-24-21(26(20)14-15)25-12-4-1-5-13-25/h2-3,6-8,11,14,18-19H,1,4-5,9-10,12-13,22H2/t18-,19+/m0/s1. The van der Waals surface area contributed by atoms with E-state index in [4.69, 9.17) is 10.5 Å². The van der Waals surface area contributed by atoms with Crippen LogP contribution in [0.1, 0.15) is 55.4 Å². The van der Waals surface area contributed by atoms with Crippen molar-refractivity contribution < 1.29 is 4.74 Å². The highest BCUT2D eigenvalue weighted by atomic mass is 16.5. The van der Waals surface area contributed by atoms with E-state index >= 15 is 0 Å². The lowest BCUT2D eigenvalue weighted by Gasteiger charge is -2.30. The Morgan fingerprint density at radius 2 is 1.74 bits per heavy atom. The van der Waals surface area contributed by atoms with Gasteiger partial charge in [0, 0.05) is 19.1 Å². The smallest absolute Gasteiger partial charge is 0.231 e. The summed E-state index contributed by atoms with van der Waals surface area (Å²) < 4.78 is 8.46. The molecule has 6 heteroatoms. The molecule has 27 heavy (non-hydrogen) atoms. The number of fused-ring (bicyclic) bond motifs is 2. The Balaban J connectivity index is 1.45. The maximum atomic E-state index is 6.40. The first kappa shape index (κ1) is 16.6. The van der Waals surface area contributed by atoms with Gasteiger partial charge in [-0.15, -0.1) is 10.2 Å². The largest absolute Gasteiger partial charge is 0.484 e. The molecule has 1 aliphatic carbocycles. The number of nitrogens with two attached hydrogens (primary N) is 1. The lowest BCUT2D eigenvalue weighted by Crippen LogP contribution is -2.31. The van der Waals surface area contributed by atoms with Crippen LogP contribution in [0.4, 0.5) is 5.95 Å². The molecule has 6 nitrogen and oxygen atoms in total. The molecule has 3 aromatic rings. The molecular formula is C21H25N5O. The summed E-state index contributed by atoms with van der Waals surface area (Å²) in [5.74, 6) is 1.76. The zero-order valence-corrected chi connectivity index (χ0v) is 15.4. The second kappa shape index (κ2) is 6.85. The Hall–Kier alpha value is -2.60. The van der Waals surface area contributed by atoms with Gasteiger partial charge in [0.25, 0.3) is 0 Å². The summed E-state index contributed by atoms with van der Waals surface area (Å²) in [6, 6.07) is 12.4. The summed E-state index contributed by atoms with van der Waals surface area (Å²) in [5.41, 5.74) is 9.55. The number of anilines is 1. The van der Waals surface area contributed by atoms with Gasteiger partial charge < -0.3 is 15.4 Å². The molecule has 1 aliphatic heterocycles. The molecule has 1 aromatic carbocycles. The minimum Gasteiger partial charge on any atom is -0.484 e. The van der Waals surface area contributed by atoms with Crippen LogP contribution in [0.3, 0.4) is 0 Å². The number of rotatable bonds is 3. The zero-order chi connectivity index (χ0) is 18.2. The molecule has 2 atom stereocenters. The highest BCUT2D eigenvalue weighted by Crippen LogP contribution is 2.37. The average Bonchev–Trinajstić information content (AvgIpc) is 3.14. The molecule has 0 radical (unpaired) electrons. The Labute approximate surface area is 159 Å². The van der Waals surface area contributed by atoms with E-state index < -0.39 is 0 Å². The molecule has 1 fully saturated rings. The van der Waals surface area contributed by atoms with Crippen molar-refractivity contribution in [3.05, 3.63) is 53.7 Å². The molecule has 0 amide bonds. The van der Waals surface area contributed by atoms with E-state index in [0.717, 1.165) is 43.3 Å². The minimum atomic E-state index is 0.0355. The predicted octanol–water partition coefficient (Wildman–Crippen LogP) is 3.63. The van der Waals surface area contributed by atoms with Gasteiger partial charge in [-0.05, 0) is 55.4 Å². The summed E-state index contributed by atoms with van der Waals surface area (Å²) in [6.07, 6.45) is 7.65. The van der Waals surface area contributed by atoms with Gasteiger partial charge in [0.1, 0.15) is 11.9 Å². The lowest BCUT2D eigenvalue weighted by molar-refractivity contribution is 0.176. The second-order valence-electron chi connectivity index (χ2n) is 7.56. The molecule has 0 saturated carbocycles. The monoisotopic (exact) mass is 363 g/mol. The molecule has 1 saturated heterocycles. The van der Waals surface area contributed by atoms with E-state index in [9.17, 15) is 0 Å². The van der Waals surface area contributed by atoms with Gasteiger partial charge in [-0.3, -0.25) is 4.40 Å². The number of piperidine rings is 1. The van der Waals surface area contributed by atoms with Crippen molar-refractivity contribution in [1.82, 2.24) is 14.6 Å². The Kier molecular flexibility index (Phi) is 4.20. The molecule has 5 rings (SSSR count). The number of hydrogen-bond acceptors (Lipinski definition) is 5. The van der Waals surface area contributed by atoms with Gasteiger partial charge in [-0.25, -0.2) is 0 Å². The fraction of sp³-hybridized carbons (Fsp3) is 0.429. The molecule has 140 valence electrons. The van der Waals surface area contributed by atoms with Crippen molar-refractivity contribution in [3.63, 3.8) is 0 Å². The van der Waals surface area contributed by atoms with Crippen molar-refractivity contribution in [3.8, 4) is 5.75 Å². The lowest BCUT2D eigenvalue weighted by atomic mass is 9.86. The van der Waals surface area contributed by atoms with Crippen LogP contribution in [0.25, 0.3) is 5.65 Å². The fourth-order valence-corrected chi connectivity index (χ4v) is 4.31. The third-order valence-electron chi connectivity index (χ3n) is 5.76. The maximum Gasteiger partial charge on any atom is 0.231 e. The van der Waals surface area contributed by atoms with Gasteiger partial charge in [0.2, 0.25) is 5.95 Å². The third kappa shape index (κ3) is 3.04. The van der Waals surface area contributed by atoms with Gasteiger partial charge in [0.15, 0.2) is 5.65 Å². The van der Waals surface area contributed by atoms with Crippen LogP contribution in [0, 0.1) is 0 Å². The number of ether oxygens (including phenoxy) is 1. The second-order valence-corrected chi connectivity index (χ2v) is 7.56. The van der Waals surface area contributed by atoms with Crippen molar-refractivity contribution >= 4 is 11.6 Å². The van der Waals surface area contributed by atoms with Crippen LogP contribution in [-0.2, 0) is 0 Å². The van der Waals surface area contributed by atoms with Crippen molar-refractivity contribution in [2.45, 2.75) is 44.2 Å². The Morgan fingerprint density at radius 1 is 0.926 bits per heavy atom. The van der Waals surface area contributed by atoms with E-state index in [0.29, 0.717) is 0 Å². The Bertz CT molecular complexity index is 947. The average molecular weight is 363 g/mol. The van der Waals surface area contributed by atoms with E-state index in [1.807, 2.05) is 18.3 Å². The third-order valence-corrected chi connectivity index (χ3v) is 5.76. The summed E-state index contributed by atoms with van der Waals surface area (Å²) in [4.78, 5) is 2.32. The topological polar surface area (TPSA) is 68.7 Å². The first-order valence-electron chi connectivity index (χ1n) is 9.90. The SMILES string of the molecule is N[C@H]1CC[C@@H](Oc2ccc3nnc(N4CCCCC4)n3c2)c2ccccc21. The van der Waals surface area contributed by atoms with Crippen molar-refractivity contribution in [1.29, 1.82) is 0 Å². The van der Waals surface area contributed by atoms with Crippen LogP contribution >= 0.6 is 0 Å². The van der Waals surface area contributed by atoms with Crippen LogP contribution in [-0.4, -0.2) is 27.7 Å². The first-order valence-corrected chi connectivity index (χ1v) is 9.90. The highest BCUT2D eigenvalue weighted by Gasteiger charge is 2.26. The summed E-state index contributed by atoms with van der Waals surface area (Å²) in [7, 11) is 0. The predicted molar refractivity (Wildman–Crippen MR) is 105 cm³/mol. The van der Waals surface area contributed by atoms with Crippen molar-refractivity contribution in [2.24, 2.45) is 5.73 Å². The summed E-state index contributed by atoms with van der Waals surface area (Å²) >= 11 is 0. The number of aromatic nitrogens is 3. The van der Waals surface area contributed by atoms with Gasteiger partial charge >= 0.3 is 0 Å². The van der Waals surface area contributed by atoms with Crippen LogP contribution < -0.4 is 15.4 Å². The molecule has 2 aromatic heterocycles. The number of pyridine rings is 1. The van der Waals surface area contributed by atoms with E-state index in [1.54, 1.807) is 0 Å². The fourth-order valence-electron chi connectivity index (χ4n) is 4.31. The van der Waals surface area contributed by atoms with Crippen LogP contribution in [0.2, 0.25) is 0 Å². The molecule has 2 aliphatic rings. The molecular weight excluding hydrogens is 338 g/mol. The van der Waals surface area contributed by atoms with Gasteiger partial charge in [-0.1, -0.05) is 24.3 Å². The van der Waals surface area contributed by atoms with Gasteiger partial charge in [0.05, 0.1) is 6.20 Å². The number of benzene rings is 1. The molecule has 0 spiro atoms. The number of hydrogen-bond donors (Lipinski definition) is 1. The highest BCUT2D eigenvalue weighted by molar-refractivity contribution is 5.49. The quantitative estimate of drug-likeness (QED) is 0.769. The Morgan fingerprint density at radius 3 is 2.59 bits per heavy atom. The van der Waals surface area contributed by atoms with E-state index in [2.05, 4.69) is 43.8 Å². The maximum absolute atomic E-state index is 6.40. The first-order chi connectivity index (χ1) is 13.3. The minimum absolute atomic E-state index is 0.0355. The van der Waals surface area contributed by atoms with E-state index in [1.165, 1.54) is 30.4 Å². The van der Waals surface area contributed by atoms with E-state index in [-0.39, 0.29) is 12.1 Å². The van der Waals surface area contributed by atoms with Crippen LogP contribution in [0.5, 0.6) is 5.75 Å². The summed E-state index contributed by atoms with van der Waals surface area (Å²) in [5, 5.41) is 8.75. The molecule has 2 N–H and O–H groups in total. The summed E-state index contributed by atoms with van der Waals surface area (Å²) in [6.45, 7) is 2.08. The number of nitrogens with zero attached hydrogens (tertiary/aromatic N) is 4. The normalized spacial score (nSPS) is 22.6.